The summed E-state index contributed by atoms with van der Waals surface area (Å²) in [6.07, 6.45) is 0. The van der Waals surface area contributed by atoms with Crippen molar-refractivity contribution in [3.63, 3.8) is 0 Å². The highest BCUT2D eigenvalue weighted by atomic mass is 79.9. The number of aromatic nitrogens is 1. The highest BCUT2D eigenvalue weighted by molar-refractivity contribution is 9.10. The standard InChI is InChI=1S/C26H18BrFN2O4S/c1-2-34-18-5-3-4-15(12-18)23(31)21-22(14-6-8-16(27)9-7-14)30(25(33)24(21)32)26-29-19-11-10-17(28)13-20(19)35-26/h3-13,22,31H,2H2,1H3/b23-21+. The molecule has 0 aliphatic carbocycles. The van der Waals surface area contributed by atoms with Crippen LogP contribution in [0.25, 0.3) is 16.0 Å². The van der Waals surface area contributed by atoms with E-state index >= 15 is 0 Å². The zero-order valence-corrected chi connectivity index (χ0v) is 20.8. The number of rotatable bonds is 5. The lowest BCUT2D eigenvalue weighted by Gasteiger charge is -2.23. The Kier molecular flexibility index (Phi) is 6.12. The molecule has 1 aliphatic heterocycles. The molecule has 2 heterocycles. The molecule has 1 unspecified atom stereocenters. The van der Waals surface area contributed by atoms with Crippen LogP contribution in [-0.2, 0) is 9.59 Å². The summed E-state index contributed by atoms with van der Waals surface area (Å²) < 4.78 is 20.7. The van der Waals surface area contributed by atoms with Gasteiger partial charge in [-0.1, -0.05) is 51.5 Å². The Balaban J connectivity index is 1.71. The van der Waals surface area contributed by atoms with Gasteiger partial charge in [0.15, 0.2) is 5.13 Å². The van der Waals surface area contributed by atoms with Crippen LogP contribution in [0.1, 0.15) is 24.1 Å². The molecule has 176 valence electrons. The first-order chi connectivity index (χ1) is 16.9. The zero-order valence-electron chi connectivity index (χ0n) is 18.4. The van der Waals surface area contributed by atoms with Gasteiger partial charge in [-0.25, -0.2) is 9.37 Å². The van der Waals surface area contributed by atoms with Crippen molar-refractivity contribution >= 4 is 60.1 Å². The predicted octanol–water partition coefficient (Wildman–Crippen LogP) is 6.22. The fourth-order valence-electron chi connectivity index (χ4n) is 4.03. The molecule has 1 amide bonds. The molecule has 0 radical (unpaired) electrons. The molecule has 0 spiro atoms. The number of halogens is 2. The molecule has 0 saturated carbocycles. The van der Waals surface area contributed by atoms with E-state index in [-0.39, 0.29) is 16.5 Å². The third-order valence-corrected chi connectivity index (χ3v) is 7.14. The van der Waals surface area contributed by atoms with E-state index in [1.54, 1.807) is 48.5 Å². The maximum Gasteiger partial charge on any atom is 0.301 e. The third kappa shape index (κ3) is 4.21. The molecule has 1 fully saturated rings. The monoisotopic (exact) mass is 552 g/mol. The number of amides is 1. The summed E-state index contributed by atoms with van der Waals surface area (Å²) in [6, 6.07) is 17.0. The average Bonchev–Trinajstić information content (AvgIpc) is 3.37. The molecule has 1 atom stereocenters. The quantitative estimate of drug-likeness (QED) is 0.180. The maximum atomic E-state index is 13.8. The first kappa shape index (κ1) is 23.2. The summed E-state index contributed by atoms with van der Waals surface area (Å²) in [7, 11) is 0. The van der Waals surface area contributed by atoms with Gasteiger partial charge in [-0.3, -0.25) is 14.5 Å². The molecule has 0 bridgehead atoms. The molecule has 9 heteroatoms. The lowest BCUT2D eigenvalue weighted by Crippen LogP contribution is -2.29. The van der Waals surface area contributed by atoms with Gasteiger partial charge in [0.1, 0.15) is 17.3 Å². The molecule has 4 aromatic rings. The van der Waals surface area contributed by atoms with E-state index in [1.807, 2.05) is 6.92 Å². The number of hydrogen-bond acceptors (Lipinski definition) is 6. The van der Waals surface area contributed by atoms with Gasteiger partial charge in [0.2, 0.25) is 0 Å². The molecule has 1 N–H and O–H groups in total. The molecule has 35 heavy (non-hydrogen) atoms. The largest absolute Gasteiger partial charge is 0.507 e. The van der Waals surface area contributed by atoms with Crippen LogP contribution in [0.5, 0.6) is 5.75 Å². The number of carbonyl (C=O) groups is 2. The fourth-order valence-corrected chi connectivity index (χ4v) is 5.32. The van der Waals surface area contributed by atoms with Crippen LogP contribution in [-0.4, -0.2) is 28.4 Å². The van der Waals surface area contributed by atoms with E-state index in [2.05, 4.69) is 20.9 Å². The topological polar surface area (TPSA) is 79.7 Å². The minimum atomic E-state index is -0.927. The second kappa shape index (κ2) is 9.24. The van der Waals surface area contributed by atoms with Crippen molar-refractivity contribution in [2.75, 3.05) is 11.5 Å². The fraction of sp³-hybridized carbons (Fsp3) is 0.115. The van der Waals surface area contributed by atoms with Crippen LogP contribution in [0.15, 0.2) is 76.8 Å². The Morgan fingerprint density at radius 1 is 1.14 bits per heavy atom. The molecular formula is C26H18BrFN2O4S. The van der Waals surface area contributed by atoms with Crippen LogP contribution < -0.4 is 9.64 Å². The number of ether oxygens (including phenoxy) is 1. The Morgan fingerprint density at radius 2 is 1.91 bits per heavy atom. The predicted molar refractivity (Wildman–Crippen MR) is 136 cm³/mol. The van der Waals surface area contributed by atoms with Crippen molar-refractivity contribution in [1.29, 1.82) is 0 Å². The van der Waals surface area contributed by atoms with Crippen molar-refractivity contribution in [2.24, 2.45) is 0 Å². The summed E-state index contributed by atoms with van der Waals surface area (Å²) in [5.41, 5.74) is 1.41. The number of carbonyl (C=O) groups excluding carboxylic acids is 2. The molecule has 3 aromatic carbocycles. The summed E-state index contributed by atoms with van der Waals surface area (Å²) in [5, 5.41) is 11.5. The third-order valence-electron chi connectivity index (χ3n) is 5.59. The van der Waals surface area contributed by atoms with Gasteiger partial charge in [0, 0.05) is 10.0 Å². The number of fused-ring (bicyclic) bond motifs is 1. The van der Waals surface area contributed by atoms with Crippen molar-refractivity contribution in [3.05, 3.63) is 93.7 Å². The molecule has 5 rings (SSSR count). The molecule has 6 nitrogen and oxygen atoms in total. The highest BCUT2D eigenvalue weighted by Gasteiger charge is 2.48. The van der Waals surface area contributed by atoms with Gasteiger partial charge >= 0.3 is 5.91 Å². The molecular weight excluding hydrogens is 535 g/mol. The van der Waals surface area contributed by atoms with Gasteiger partial charge in [-0.15, -0.1) is 0 Å². The van der Waals surface area contributed by atoms with E-state index < -0.39 is 23.5 Å². The lowest BCUT2D eigenvalue weighted by atomic mass is 9.95. The van der Waals surface area contributed by atoms with Crippen LogP contribution in [0.2, 0.25) is 0 Å². The molecule has 1 aromatic heterocycles. The minimum Gasteiger partial charge on any atom is -0.507 e. The van der Waals surface area contributed by atoms with Crippen molar-refractivity contribution in [1.82, 2.24) is 4.98 Å². The van der Waals surface area contributed by atoms with Gasteiger partial charge in [-0.05, 0) is 55.0 Å². The first-order valence-electron chi connectivity index (χ1n) is 10.7. The summed E-state index contributed by atoms with van der Waals surface area (Å²) in [5.74, 6) is -1.86. The van der Waals surface area contributed by atoms with Crippen LogP contribution in [0, 0.1) is 5.82 Å². The van der Waals surface area contributed by atoms with Crippen LogP contribution in [0.3, 0.4) is 0 Å². The number of thiazole rings is 1. The normalized spacial score (nSPS) is 17.3. The molecule has 1 aliphatic rings. The van der Waals surface area contributed by atoms with E-state index in [1.165, 1.54) is 23.1 Å². The Labute approximate surface area is 212 Å². The number of ketones is 1. The molecule has 1 saturated heterocycles. The number of aliphatic hydroxyl groups excluding tert-OH is 1. The van der Waals surface area contributed by atoms with Gasteiger partial charge in [-0.2, -0.15) is 0 Å². The van der Waals surface area contributed by atoms with Gasteiger partial charge in [0.25, 0.3) is 5.78 Å². The zero-order chi connectivity index (χ0) is 24.7. The second-order valence-corrected chi connectivity index (χ2v) is 9.71. The average molecular weight is 553 g/mol. The number of Topliss-reactive ketones (excluding diaryl/α,β-unsaturated/α-hetero) is 1. The Hall–Kier alpha value is -3.56. The maximum absolute atomic E-state index is 13.8. The van der Waals surface area contributed by atoms with E-state index in [0.717, 1.165) is 15.8 Å². The SMILES string of the molecule is CCOc1cccc(/C(O)=C2\C(=O)C(=O)N(c3nc4ccc(F)cc4s3)C2c2ccc(Br)cc2)c1. The number of benzene rings is 3. The van der Waals surface area contributed by atoms with Crippen molar-refractivity contribution < 1.29 is 23.8 Å². The summed E-state index contributed by atoms with van der Waals surface area (Å²) in [4.78, 5) is 32.4. The number of nitrogens with zero attached hydrogens (tertiary/aromatic N) is 2. The Bertz CT molecular complexity index is 1500. The van der Waals surface area contributed by atoms with Crippen LogP contribution >= 0.6 is 27.3 Å². The summed E-state index contributed by atoms with van der Waals surface area (Å²) >= 11 is 4.51. The highest BCUT2D eigenvalue weighted by Crippen LogP contribution is 2.44. The van der Waals surface area contributed by atoms with Gasteiger partial charge < -0.3 is 9.84 Å². The van der Waals surface area contributed by atoms with Crippen molar-refractivity contribution in [3.8, 4) is 5.75 Å². The second-order valence-electron chi connectivity index (χ2n) is 7.79. The number of anilines is 1. The Morgan fingerprint density at radius 3 is 2.66 bits per heavy atom. The lowest BCUT2D eigenvalue weighted by molar-refractivity contribution is -0.132. The van der Waals surface area contributed by atoms with Gasteiger partial charge in [0.05, 0.1) is 28.4 Å². The van der Waals surface area contributed by atoms with E-state index in [9.17, 15) is 19.1 Å². The van der Waals surface area contributed by atoms with E-state index in [0.29, 0.717) is 33.7 Å². The number of hydrogen-bond donors (Lipinski definition) is 1. The number of aliphatic hydroxyl groups is 1. The first-order valence-corrected chi connectivity index (χ1v) is 12.3. The van der Waals surface area contributed by atoms with Crippen molar-refractivity contribution in [2.45, 2.75) is 13.0 Å². The smallest absolute Gasteiger partial charge is 0.301 e. The minimum absolute atomic E-state index is 0.0589. The van der Waals surface area contributed by atoms with E-state index in [4.69, 9.17) is 4.74 Å². The van der Waals surface area contributed by atoms with Crippen LogP contribution in [0.4, 0.5) is 9.52 Å². The summed E-state index contributed by atoms with van der Waals surface area (Å²) in [6.45, 7) is 2.28.